The Morgan fingerprint density at radius 1 is 1.19 bits per heavy atom. The van der Waals surface area contributed by atoms with Crippen LogP contribution in [0.15, 0.2) is 30.7 Å². The monoisotopic (exact) mass is 464 g/mol. The Kier molecular flexibility index (Phi) is 4.90. The average molecular weight is 465 g/mol. The van der Waals surface area contributed by atoms with Crippen molar-refractivity contribution in [2.75, 3.05) is 10.6 Å². The van der Waals surface area contributed by atoms with E-state index in [4.69, 9.17) is 23.2 Å². The second-order valence-electron chi connectivity index (χ2n) is 7.38. The summed E-state index contributed by atoms with van der Waals surface area (Å²) in [5.41, 5.74) is 3.04. The normalized spacial score (nSPS) is 15.7. The van der Waals surface area contributed by atoms with Crippen LogP contribution in [0.3, 0.4) is 0 Å². The highest BCUT2D eigenvalue weighted by atomic mass is 35.5. The summed E-state index contributed by atoms with van der Waals surface area (Å²) in [7, 11) is 0. The lowest BCUT2D eigenvalue weighted by Gasteiger charge is -2.33. The summed E-state index contributed by atoms with van der Waals surface area (Å²) in [6.07, 6.45) is 2.69. The van der Waals surface area contributed by atoms with Crippen molar-refractivity contribution in [1.82, 2.24) is 30.1 Å². The Labute approximate surface area is 184 Å². The number of aromatic nitrogens is 6. The molecule has 1 aromatic carbocycles. The van der Waals surface area contributed by atoms with Crippen LogP contribution in [0.5, 0.6) is 0 Å². The van der Waals surface area contributed by atoms with Gasteiger partial charge in [-0.15, -0.1) is 0 Å². The van der Waals surface area contributed by atoms with E-state index in [1.54, 1.807) is 12.4 Å². The minimum atomic E-state index is -2.59. The zero-order chi connectivity index (χ0) is 21.6. The van der Waals surface area contributed by atoms with Gasteiger partial charge in [0.2, 0.25) is 11.9 Å². The van der Waals surface area contributed by atoms with Crippen molar-refractivity contribution in [3.8, 4) is 0 Å². The molecule has 1 aliphatic rings. The van der Waals surface area contributed by atoms with Crippen LogP contribution < -0.4 is 10.6 Å². The Morgan fingerprint density at radius 2 is 2.03 bits per heavy atom. The summed E-state index contributed by atoms with van der Waals surface area (Å²) in [4.78, 5) is 15.8. The molecule has 160 valence electrons. The zero-order valence-electron chi connectivity index (χ0n) is 15.9. The number of anilines is 3. The van der Waals surface area contributed by atoms with Gasteiger partial charge in [0.05, 0.1) is 23.1 Å². The Hall–Kier alpha value is -2.98. The molecule has 12 heteroatoms. The summed E-state index contributed by atoms with van der Waals surface area (Å²) in [6, 6.07) is 5.47. The molecule has 0 aliphatic heterocycles. The van der Waals surface area contributed by atoms with Crippen molar-refractivity contribution in [3.63, 3.8) is 0 Å². The number of imidazole rings is 1. The number of nitrogens with one attached hydrogen (secondary N) is 4. The van der Waals surface area contributed by atoms with E-state index >= 15 is 0 Å². The fourth-order valence-electron chi connectivity index (χ4n) is 3.48. The van der Waals surface area contributed by atoms with Crippen molar-refractivity contribution in [3.05, 3.63) is 52.0 Å². The van der Waals surface area contributed by atoms with E-state index in [2.05, 4.69) is 40.8 Å². The molecule has 0 unspecified atom stereocenters. The molecule has 1 fully saturated rings. The van der Waals surface area contributed by atoms with Gasteiger partial charge in [0.1, 0.15) is 10.5 Å². The molecule has 4 aromatic rings. The van der Waals surface area contributed by atoms with Crippen LogP contribution in [-0.2, 0) is 6.54 Å². The van der Waals surface area contributed by atoms with Crippen molar-refractivity contribution in [2.24, 2.45) is 0 Å². The molecule has 5 rings (SSSR count). The quantitative estimate of drug-likeness (QED) is 0.310. The minimum absolute atomic E-state index is 0.177. The molecule has 8 nitrogen and oxygen atoms in total. The summed E-state index contributed by atoms with van der Waals surface area (Å²) < 4.78 is 26.2. The first kappa shape index (κ1) is 20.0. The van der Waals surface area contributed by atoms with Gasteiger partial charge in [0, 0.05) is 37.1 Å². The molecule has 0 radical (unpaired) electrons. The second kappa shape index (κ2) is 7.61. The van der Waals surface area contributed by atoms with Crippen molar-refractivity contribution in [1.29, 1.82) is 0 Å². The molecular weight excluding hydrogens is 449 g/mol. The number of hydrogen-bond donors (Lipinski definition) is 4. The number of H-pyrrole nitrogens is 2. The molecule has 31 heavy (non-hydrogen) atoms. The van der Waals surface area contributed by atoms with Crippen LogP contribution in [0.4, 0.5) is 26.4 Å². The smallest absolute Gasteiger partial charge is 0.249 e. The lowest BCUT2D eigenvalue weighted by atomic mass is 9.79. The fraction of sp³-hybridized carbons (Fsp3) is 0.263. The molecule has 1 aliphatic carbocycles. The SMILES string of the molecule is FC1(F)CC(c2cc(Nc3nc(NCc4ccc5[nH]cnc5c4Cl)ncc3Cl)n[nH]2)C1. The molecule has 0 atom stereocenters. The van der Waals surface area contributed by atoms with Crippen LogP contribution in [0, 0.1) is 0 Å². The number of rotatable bonds is 6. The molecule has 3 heterocycles. The average Bonchev–Trinajstić information content (AvgIpc) is 3.37. The maximum atomic E-state index is 13.1. The molecule has 1 saturated carbocycles. The maximum absolute atomic E-state index is 13.1. The van der Waals surface area contributed by atoms with Gasteiger partial charge in [-0.3, -0.25) is 5.10 Å². The van der Waals surface area contributed by atoms with Gasteiger partial charge < -0.3 is 15.6 Å². The number of benzene rings is 1. The first-order valence-corrected chi connectivity index (χ1v) is 10.2. The third-order valence-electron chi connectivity index (χ3n) is 5.16. The van der Waals surface area contributed by atoms with E-state index in [9.17, 15) is 8.78 Å². The van der Waals surface area contributed by atoms with Gasteiger partial charge in [-0.1, -0.05) is 29.3 Å². The van der Waals surface area contributed by atoms with Gasteiger partial charge >= 0.3 is 0 Å². The number of alkyl halides is 2. The Morgan fingerprint density at radius 3 is 2.84 bits per heavy atom. The van der Waals surface area contributed by atoms with Gasteiger partial charge in [-0.05, 0) is 11.6 Å². The number of halogens is 4. The predicted octanol–water partition coefficient (Wildman–Crippen LogP) is 5.25. The van der Waals surface area contributed by atoms with E-state index in [1.165, 1.54) is 6.20 Å². The van der Waals surface area contributed by atoms with Crippen LogP contribution in [-0.4, -0.2) is 36.1 Å². The minimum Gasteiger partial charge on any atom is -0.350 e. The third kappa shape index (κ3) is 4.00. The summed E-state index contributed by atoms with van der Waals surface area (Å²) in [5, 5.41) is 13.8. The predicted molar refractivity (Wildman–Crippen MR) is 114 cm³/mol. The van der Waals surface area contributed by atoms with Crippen LogP contribution >= 0.6 is 23.2 Å². The molecule has 4 N–H and O–H groups in total. The van der Waals surface area contributed by atoms with E-state index in [0.717, 1.165) is 11.1 Å². The standard InChI is InChI=1S/C19H16Cl2F2N8/c20-11-7-25-18(24-6-9-1-2-12-16(15(9)21)27-8-26-12)29-17(11)28-14-3-13(30-31-14)10-4-19(22,23)5-10/h1-3,7-8,10H,4-6H2,(H,26,27)(H3,24,25,28,29,30,31). The fourth-order valence-corrected chi connectivity index (χ4v) is 3.90. The number of nitrogens with zero attached hydrogens (tertiary/aromatic N) is 4. The maximum Gasteiger partial charge on any atom is 0.249 e. The van der Waals surface area contributed by atoms with Gasteiger partial charge in [-0.2, -0.15) is 10.1 Å². The highest BCUT2D eigenvalue weighted by molar-refractivity contribution is 6.35. The van der Waals surface area contributed by atoms with Gasteiger partial charge in [0.25, 0.3) is 0 Å². The van der Waals surface area contributed by atoms with Gasteiger partial charge in [0.15, 0.2) is 11.6 Å². The Bertz CT molecular complexity index is 1250. The largest absolute Gasteiger partial charge is 0.350 e. The Balaban J connectivity index is 1.28. The molecule has 0 spiro atoms. The lowest BCUT2D eigenvalue weighted by Crippen LogP contribution is -2.33. The van der Waals surface area contributed by atoms with Crippen LogP contribution in [0.25, 0.3) is 11.0 Å². The van der Waals surface area contributed by atoms with E-state index < -0.39 is 5.92 Å². The molecule has 3 aromatic heterocycles. The zero-order valence-corrected chi connectivity index (χ0v) is 17.4. The molecule has 0 saturated heterocycles. The first-order chi connectivity index (χ1) is 14.9. The lowest BCUT2D eigenvalue weighted by molar-refractivity contribution is -0.0876. The van der Waals surface area contributed by atoms with Crippen LogP contribution in [0.2, 0.25) is 10.0 Å². The summed E-state index contributed by atoms with van der Waals surface area (Å²) in [5.74, 6) is -1.72. The summed E-state index contributed by atoms with van der Waals surface area (Å²) >= 11 is 12.6. The molecule has 0 bridgehead atoms. The highest BCUT2D eigenvalue weighted by Gasteiger charge is 2.46. The van der Waals surface area contributed by atoms with E-state index in [-0.39, 0.29) is 18.8 Å². The molecular formula is C19H16Cl2F2N8. The number of aromatic amines is 2. The van der Waals surface area contributed by atoms with E-state index in [1.807, 2.05) is 12.1 Å². The van der Waals surface area contributed by atoms with Crippen molar-refractivity contribution < 1.29 is 8.78 Å². The van der Waals surface area contributed by atoms with Gasteiger partial charge in [-0.25, -0.2) is 18.7 Å². The topological polar surface area (TPSA) is 107 Å². The summed E-state index contributed by atoms with van der Waals surface area (Å²) in [6.45, 7) is 0.380. The first-order valence-electron chi connectivity index (χ1n) is 9.45. The number of hydrogen-bond acceptors (Lipinski definition) is 6. The second-order valence-corrected chi connectivity index (χ2v) is 8.16. The highest BCUT2D eigenvalue weighted by Crippen LogP contribution is 2.48. The van der Waals surface area contributed by atoms with Crippen LogP contribution in [0.1, 0.15) is 30.0 Å². The molecule has 0 amide bonds. The third-order valence-corrected chi connectivity index (χ3v) is 5.86. The van der Waals surface area contributed by atoms with Crippen molar-refractivity contribution >= 4 is 51.8 Å². The van der Waals surface area contributed by atoms with E-state index in [0.29, 0.717) is 45.4 Å². The number of fused-ring (bicyclic) bond motifs is 1. The van der Waals surface area contributed by atoms with Crippen molar-refractivity contribution in [2.45, 2.75) is 31.2 Å².